The van der Waals surface area contributed by atoms with Crippen LogP contribution in [0.2, 0.25) is 0 Å². The molecule has 8 rings (SSSR count). The summed E-state index contributed by atoms with van der Waals surface area (Å²) in [6, 6.07) is 23.5. The maximum absolute atomic E-state index is 13.6. The Kier molecular flexibility index (Phi) is 5.61. The molecule has 43 heavy (non-hydrogen) atoms. The molecule has 6 aromatic rings. The van der Waals surface area contributed by atoms with Crippen molar-refractivity contribution in [3.8, 4) is 16.8 Å². The van der Waals surface area contributed by atoms with E-state index in [1.807, 2.05) is 66.9 Å². The molecule has 0 saturated carbocycles. The molecule has 0 radical (unpaired) electrons. The van der Waals surface area contributed by atoms with Crippen molar-refractivity contribution in [2.45, 2.75) is 30.9 Å². The molecule has 3 aromatic carbocycles. The van der Waals surface area contributed by atoms with Gasteiger partial charge in [-0.1, -0.05) is 36.4 Å². The molecule has 9 heteroatoms. The topological polar surface area (TPSA) is 110 Å². The number of nitrogens with zero attached hydrogens (tertiary/aromatic N) is 5. The van der Waals surface area contributed by atoms with Gasteiger partial charge < -0.3 is 10.0 Å². The molecular formula is C34H27N5O4. The third-order valence-corrected chi connectivity index (χ3v) is 9.15. The second-order valence-electron chi connectivity index (χ2n) is 11.5. The maximum Gasteiger partial charge on any atom is 0.333 e. The van der Waals surface area contributed by atoms with Crippen LogP contribution in [0.4, 0.5) is 0 Å². The van der Waals surface area contributed by atoms with Gasteiger partial charge in [-0.2, -0.15) is 0 Å². The van der Waals surface area contributed by atoms with E-state index in [1.54, 1.807) is 22.4 Å². The molecule has 212 valence electrons. The third-order valence-electron chi connectivity index (χ3n) is 9.15. The molecule has 3 unspecified atom stereocenters. The Morgan fingerprint density at radius 2 is 1.65 bits per heavy atom. The van der Waals surface area contributed by atoms with Crippen LogP contribution in [0.1, 0.15) is 24.3 Å². The monoisotopic (exact) mass is 569 g/mol. The summed E-state index contributed by atoms with van der Waals surface area (Å²) in [5.74, 6) is -0.821. The van der Waals surface area contributed by atoms with E-state index < -0.39 is 23.8 Å². The van der Waals surface area contributed by atoms with Crippen molar-refractivity contribution in [2.75, 3.05) is 6.54 Å². The van der Waals surface area contributed by atoms with Crippen molar-refractivity contribution in [1.82, 2.24) is 24.0 Å². The van der Waals surface area contributed by atoms with Crippen LogP contribution in [-0.4, -0.2) is 59.5 Å². The highest BCUT2D eigenvalue weighted by Crippen LogP contribution is 2.36. The van der Waals surface area contributed by atoms with E-state index in [9.17, 15) is 19.5 Å². The number of aliphatic hydroxyl groups excluding tert-OH is 1. The van der Waals surface area contributed by atoms with Gasteiger partial charge in [-0.05, 0) is 66.3 Å². The summed E-state index contributed by atoms with van der Waals surface area (Å²) < 4.78 is 3.34. The van der Waals surface area contributed by atoms with Crippen molar-refractivity contribution in [3.63, 3.8) is 0 Å². The standard InChI is InChI=1S/C34H27N5O4/c1-37-29-18-36-27-11-8-20(23-14-22-4-2-3-5-26(22)35-17-23)15-25(27)30(29)39(34(37)43)24-9-6-19(7-10-24)21-12-13-38-28(16-21)31(40)32(41)33(38)42/h2-11,14-15,17-18,21,28,32,41H,12-13,16H2,1H3. The summed E-state index contributed by atoms with van der Waals surface area (Å²) >= 11 is 0. The number of para-hydroxylation sites is 1. The van der Waals surface area contributed by atoms with Gasteiger partial charge in [-0.3, -0.25) is 28.7 Å². The number of carbonyl (C=O) groups excluding carboxylic acids is 2. The van der Waals surface area contributed by atoms with Crippen LogP contribution in [0.3, 0.4) is 0 Å². The molecular weight excluding hydrogens is 542 g/mol. The number of hydrogen-bond acceptors (Lipinski definition) is 6. The largest absolute Gasteiger partial charge is 0.376 e. The van der Waals surface area contributed by atoms with Gasteiger partial charge in [0.15, 0.2) is 11.9 Å². The fraction of sp³-hybridized carbons (Fsp3) is 0.206. The van der Waals surface area contributed by atoms with E-state index in [0.717, 1.165) is 55.2 Å². The van der Waals surface area contributed by atoms with E-state index in [-0.39, 0.29) is 11.6 Å². The first-order valence-corrected chi connectivity index (χ1v) is 14.4. The van der Waals surface area contributed by atoms with Crippen molar-refractivity contribution in [1.29, 1.82) is 0 Å². The number of aromatic nitrogens is 4. The smallest absolute Gasteiger partial charge is 0.333 e. The summed E-state index contributed by atoms with van der Waals surface area (Å²) in [4.78, 5) is 49.1. The Balaban J connectivity index is 1.20. The Hall–Kier alpha value is -5.15. The van der Waals surface area contributed by atoms with Crippen LogP contribution in [0.25, 0.3) is 49.7 Å². The highest BCUT2D eigenvalue weighted by atomic mass is 16.3. The van der Waals surface area contributed by atoms with E-state index in [0.29, 0.717) is 19.4 Å². The fourth-order valence-electron chi connectivity index (χ4n) is 6.80. The molecule has 3 atom stereocenters. The number of amides is 1. The molecule has 9 nitrogen and oxygen atoms in total. The van der Waals surface area contributed by atoms with Gasteiger partial charge in [0, 0.05) is 36.1 Å². The number of rotatable bonds is 3. The Morgan fingerprint density at radius 1 is 0.860 bits per heavy atom. The predicted octanol–water partition coefficient (Wildman–Crippen LogP) is 4.11. The lowest BCUT2D eigenvalue weighted by molar-refractivity contribution is -0.137. The highest BCUT2D eigenvalue weighted by molar-refractivity contribution is 6.13. The highest BCUT2D eigenvalue weighted by Gasteiger charge is 2.48. The first kappa shape index (κ1) is 25.6. The first-order valence-electron chi connectivity index (χ1n) is 14.4. The predicted molar refractivity (Wildman–Crippen MR) is 163 cm³/mol. The normalized spacial score (nSPS) is 20.4. The van der Waals surface area contributed by atoms with E-state index in [2.05, 4.69) is 22.1 Å². The number of imidazole rings is 1. The molecule has 2 fully saturated rings. The zero-order valence-electron chi connectivity index (χ0n) is 23.3. The zero-order chi connectivity index (χ0) is 29.4. The van der Waals surface area contributed by atoms with Gasteiger partial charge in [-0.25, -0.2) is 4.79 Å². The van der Waals surface area contributed by atoms with Gasteiger partial charge in [0.2, 0.25) is 0 Å². The van der Waals surface area contributed by atoms with E-state index >= 15 is 0 Å². The minimum atomic E-state index is -1.54. The van der Waals surface area contributed by atoms with Crippen LogP contribution in [-0.2, 0) is 16.6 Å². The summed E-state index contributed by atoms with van der Waals surface area (Å²) in [5.41, 5.74) is 6.77. The van der Waals surface area contributed by atoms with Crippen molar-refractivity contribution < 1.29 is 14.7 Å². The van der Waals surface area contributed by atoms with Gasteiger partial charge in [0.05, 0.1) is 40.0 Å². The van der Waals surface area contributed by atoms with E-state index in [4.69, 9.17) is 0 Å². The number of piperidine rings is 1. The number of carbonyl (C=O) groups is 2. The minimum Gasteiger partial charge on any atom is -0.376 e. The number of hydrogen-bond donors (Lipinski definition) is 1. The zero-order valence-corrected chi connectivity index (χ0v) is 23.3. The lowest BCUT2D eigenvalue weighted by atomic mass is 9.85. The third kappa shape index (κ3) is 3.85. The van der Waals surface area contributed by atoms with Crippen LogP contribution in [0.15, 0.2) is 90.0 Å². The molecule has 0 spiro atoms. The SMILES string of the molecule is Cn1c(=O)n(-c2ccc(C3CCN4C(=O)C(O)C(=O)C4C3)cc2)c2c3cc(-c4cnc5ccccc5c4)ccc3ncc21. The Morgan fingerprint density at radius 3 is 2.49 bits per heavy atom. The second kappa shape index (κ2) is 9.43. The summed E-state index contributed by atoms with van der Waals surface area (Å²) in [6.07, 6.45) is 3.26. The Bertz CT molecular complexity index is 2180. The fourth-order valence-corrected chi connectivity index (χ4v) is 6.80. The van der Waals surface area contributed by atoms with Crippen molar-refractivity contribution >= 4 is 44.5 Å². The van der Waals surface area contributed by atoms with Crippen LogP contribution in [0.5, 0.6) is 0 Å². The minimum absolute atomic E-state index is 0.0738. The first-order chi connectivity index (χ1) is 20.9. The number of Topliss-reactive ketones (excluding diaryl/α,β-unsaturated/α-hetero) is 1. The van der Waals surface area contributed by atoms with Crippen molar-refractivity contribution in [2.24, 2.45) is 7.05 Å². The summed E-state index contributed by atoms with van der Waals surface area (Å²) in [7, 11) is 1.75. The summed E-state index contributed by atoms with van der Waals surface area (Å²) in [6.45, 7) is 0.440. The molecule has 0 aliphatic carbocycles. The molecule has 3 aromatic heterocycles. The molecule has 2 saturated heterocycles. The number of aliphatic hydroxyl groups is 1. The number of aryl methyl sites for hydroxylation is 1. The van der Waals surface area contributed by atoms with Crippen LogP contribution in [0, 0.1) is 0 Å². The average Bonchev–Trinajstić information content (AvgIpc) is 3.44. The molecule has 2 aliphatic rings. The number of ketones is 1. The maximum atomic E-state index is 13.6. The number of pyridine rings is 2. The lowest BCUT2D eigenvalue weighted by Gasteiger charge is -2.33. The Labute approximate surface area is 245 Å². The van der Waals surface area contributed by atoms with Gasteiger partial charge >= 0.3 is 5.69 Å². The number of benzene rings is 3. The van der Waals surface area contributed by atoms with Crippen LogP contribution >= 0.6 is 0 Å². The van der Waals surface area contributed by atoms with Gasteiger partial charge in [0.25, 0.3) is 5.91 Å². The average molecular weight is 570 g/mol. The summed E-state index contributed by atoms with van der Waals surface area (Å²) in [5, 5.41) is 11.9. The quantitative estimate of drug-likeness (QED) is 0.321. The number of fused-ring (bicyclic) bond motifs is 5. The van der Waals surface area contributed by atoms with Crippen molar-refractivity contribution in [3.05, 3.63) is 101 Å². The van der Waals surface area contributed by atoms with Crippen LogP contribution < -0.4 is 5.69 Å². The van der Waals surface area contributed by atoms with Gasteiger partial charge in [0.1, 0.15) is 0 Å². The lowest BCUT2D eigenvalue weighted by Crippen LogP contribution is -2.42. The second-order valence-corrected chi connectivity index (χ2v) is 11.5. The van der Waals surface area contributed by atoms with Gasteiger partial charge in [-0.15, -0.1) is 0 Å². The molecule has 1 amide bonds. The molecule has 0 bridgehead atoms. The molecule has 2 aliphatic heterocycles. The molecule has 5 heterocycles. The molecule has 1 N–H and O–H groups in total. The van der Waals surface area contributed by atoms with E-state index in [1.165, 1.54) is 4.90 Å².